The maximum absolute atomic E-state index is 9.63. The highest BCUT2D eigenvalue weighted by Crippen LogP contribution is 2.35. The van der Waals surface area contributed by atoms with E-state index in [9.17, 15) is 10.2 Å². The molecular weight excluding hydrogens is 509 g/mol. The van der Waals surface area contributed by atoms with Gasteiger partial charge in [0.25, 0.3) is 0 Å². The van der Waals surface area contributed by atoms with Crippen molar-refractivity contribution < 1.29 is 10.2 Å². The molecule has 0 radical (unpaired) electrons. The summed E-state index contributed by atoms with van der Waals surface area (Å²) in [5.41, 5.74) is 0.805. The van der Waals surface area contributed by atoms with Crippen LogP contribution in [-0.4, -0.2) is 10.2 Å². The van der Waals surface area contributed by atoms with Crippen molar-refractivity contribution in [2.45, 2.75) is 13.0 Å². The van der Waals surface area contributed by atoms with Gasteiger partial charge < -0.3 is 10.2 Å². The average molecular weight is 516 g/mol. The predicted octanol–water partition coefficient (Wildman–Crippen LogP) is 3.26. The van der Waals surface area contributed by atoms with E-state index in [4.69, 9.17) is 0 Å². The Morgan fingerprint density at radius 1 is 1.23 bits per heavy atom. The molecule has 0 aliphatic carbocycles. The van der Waals surface area contributed by atoms with Gasteiger partial charge in [0.05, 0.1) is 13.2 Å². The Bertz CT molecular complexity index is 337. The maximum Gasteiger partial charge on any atom is 0.142 e. The van der Waals surface area contributed by atoms with Crippen LogP contribution in [0, 0.1) is 10.7 Å². The molecule has 0 fully saturated rings. The second-order valence-electron chi connectivity index (χ2n) is 2.59. The molecule has 0 aliphatic heterocycles. The summed E-state index contributed by atoms with van der Waals surface area (Å²) in [7, 11) is 0. The van der Waals surface area contributed by atoms with Crippen molar-refractivity contribution in [2.75, 3.05) is 0 Å². The lowest BCUT2D eigenvalue weighted by Crippen LogP contribution is -2.00. The van der Waals surface area contributed by atoms with Crippen molar-refractivity contribution in [3.8, 4) is 5.75 Å². The monoisotopic (exact) mass is 516 g/mol. The standard InChI is InChI=1S/C8H7I3O2/c1-3(12)6-4(9)2-5(10)8(13)7(6)11/h2-3,12-13H,1H3. The Kier molecular flexibility index (Phi) is 4.51. The molecule has 1 aromatic carbocycles. The molecule has 13 heavy (non-hydrogen) atoms. The number of aromatic hydroxyl groups is 1. The molecule has 5 heteroatoms. The highest BCUT2D eigenvalue weighted by molar-refractivity contribution is 14.1. The van der Waals surface area contributed by atoms with Gasteiger partial charge in [0.15, 0.2) is 0 Å². The minimum absolute atomic E-state index is 0.262. The molecular formula is C8H7I3O2. The normalized spacial score (nSPS) is 13.0. The van der Waals surface area contributed by atoms with Gasteiger partial charge in [0.1, 0.15) is 5.75 Å². The molecule has 0 aromatic heterocycles. The van der Waals surface area contributed by atoms with Crippen LogP contribution in [0.1, 0.15) is 18.6 Å². The number of phenolic OH excluding ortho intramolecular Hbond substituents is 1. The fourth-order valence-corrected chi connectivity index (χ4v) is 5.25. The molecule has 0 spiro atoms. The topological polar surface area (TPSA) is 40.5 Å². The fourth-order valence-electron chi connectivity index (χ4n) is 0.978. The average Bonchev–Trinajstić information content (AvgIpc) is 1.99. The Morgan fingerprint density at radius 2 is 1.77 bits per heavy atom. The Balaban J connectivity index is 3.44. The van der Waals surface area contributed by atoms with Gasteiger partial charge in [-0.1, -0.05) is 0 Å². The highest BCUT2D eigenvalue weighted by Gasteiger charge is 2.16. The quantitative estimate of drug-likeness (QED) is 0.564. The van der Waals surface area contributed by atoms with Crippen LogP contribution in [0.15, 0.2) is 6.07 Å². The first-order valence-corrected chi connectivity index (χ1v) is 6.73. The smallest absolute Gasteiger partial charge is 0.142 e. The first-order valence-electron chi connectivity index (χ1n) is 3.49. The SMILES string of the molecule is CC(O)c1c(I)cc(I)c(O)c1I. The van der Waals surface area contributed by atoms with Gasteiger partial charge in [-0.2, -0.15) is 0 Å². The van der Waals surface area contributed by atoms with Crippen LogP contribution in [0.5, 0.6) is 5.75 Å². The Morgan fingerprint density at radius 3 is 2.23 bits per heavy atom. The summed E-state index contributed by atoms with van der Waals surface area (Å²) in [6, 6.07) is 1.86. The third-order valence-corrected chi connectivity index (χ3v) is 4.41. The number of hydrogen-bond donors (Lipinski definition) is 2. The lowest BCUT2D eigenvalue weighted by molar-refractivity contribution is 0.197. The number of aliphatic hydroxyl groups excluding tert-OH is 1. The molecule has 0 bridgehead atoms. The highest BCUT2D eigenvalue weighted by atomic mass is 127. The van der Waals surface area contributed by atoms with E-state index in [1.807, 2.05) is 6.07 Å². The van der Waals surface area contributed by atoms with Gasteiger partial charge in [0.2, 0.25) is 0 Å². The first kappa shape index (κ1) is 12.2. The Labute approximate surface area is 118 Å². The third kappa shape index (κ3) is 2.59. The molecule has 1 unspecified atom stereocenters. The second-order valence-corrected chi connectivity index (χ2v) is 6.00. The van der Waals surface area contributed by atoms with E-state index >= 15 is 0 Å². The van der Waals surface area contributed by atoms with Gasteiger partial charge in [0, 0.05) is 9.13 Å². The van der Waals surface area contributed by atoms with E-state index in [1.165, 1.54) is 0 Å². The van der Waals surface area contributed by atoms with E-state index in [-0.39, 0.29) is 5.75 Å². The van der Waals surface area contributed by atoms with E-state index in [1.54, 1.807) is 6.92 Å². The molecule has 0 saturated heterocycles. The molecule has 2 nitrogen and oxygen atoms in total. The van der Waals surface area contributed by atoms with Gasteiger partial charge in [-0.25, -0.2) is 0 Å². The van der Waals surface area contributed by atoms with Crippen molar-refractivity contribution in [3.63, 3.8) is 0 Å². The van der Waals surface area contributed by atoms with Crippen LogP contribution in [0.25, 0.3) is 0 Å². The first-order chi connectivity index (χ1) is 5.95. The van der Waals surface area contributed by atoms with Gasteiger partial charge >= 0.3 is 0 Å². The predicted molar refractivity (Wildman–Crippen MR) is 76.9 cm³/mol. The van der Waals surface area contributed by atoms with Crippen LogP contribution >= 0.6 is 67.8 Å². The molecule has 0 saturated carbocycles. The minimum atomic E-state index is -0.540. The van der Waals surface area contributed by atoms with Crippen molar-refractivity contribution >= 4 is 67.8 Å². The van der Waals surface area contributed by atoms with Gasteiger partial charge in [-0.15, -0.1) is 0 Å². The van der Waals surface area contributed by atoms with Crippen LogP contribution in [0.3, 0.4) is 0 Å². The van der Waals surface area contributed by atoms with Crippen LogP contribution in [0.2, 0.25) is 0 Å². The fraction of sp³-hybridized carbons (Fsp3) is 0.250. The van der Waals surface area contributed by atoms with E-state index in [2.05, 4.69) is 67.8 Å². The van der Waals surface area contributed by atoms with Crippen LogP contribution in [0.4, 0.5) is 0 Å². The molecule has 1 atom stereocenters. The summed E-state index contributed by atoms with van der Waals surface area (Å²) in [5, 5.41) is 19.1. The summed E-state index contributed by atoms with van der Waals surface area (Å²) in [6.07, 6.45) is -0.540. The second kappa shape index (κ2) is 4.79. The molecule has 0 heterocycles. The largest absolute Gasteiger partial charge is 0.506 e. The zero-order valence-corrected chi connectivity index (χ0v) is 13.2. The van der Waals surface area contributed by atoms with Crippen LogP contribution < -0.4 is 0 Å². The van der Waals surface area contributed by atoms with Crippen molar-refractivity contribution in [1.29, 1.82) is 0 Å². The molecule has 1 rings (SSSR count). The summed E-state index contributed by atoms with van der Waals surface area (Å²) >= 11 is 6.29. The van der Waals surface area contributed by atoms with Crippen LogP contribution in [-0.2, 0) is 0 Å². The Hall–Kier alpha value is 1.17. The number of phenols is 1. The maximum atomic E-state index is 9.63. The number of hydrogen-bond acceptors (Lipinski definition) is 2. The lowest BCUT2D eigenvalue weighted by atomic mass is 10.1. The van der Waals surface area contributed by atoms with Crippen molar-refractivity contribution in [2.24, 2.45) is 0 Å². The number of benzene rings is 1. The van der Waals surface area contributed by atoms with Crippen molar-refractivity contribution in [1.82, 2.24) is 0 Å². The van der Waals surface area contributed by atoms with Crippen molar-refractivity contribution in [3.05, 3.63) is 22.3 Å². The number of halogens is 3. The third-order valence-electron chi connectivity index (χ3n) is 1.60. The van der Waals surface area contributed by atoms with E-state index in [0.29, 0.717) is 0 Å². The summed E-state index contributed by atoms with van der Waals surface area (Å²) < 4.78 is 2.54. The van der Waals surface area contributed by atoms with Gasteiger partial charge in [-0.3, -0.25) is 0 Å². The minimum Gasteiger partial charge on any atom is -0.506 e. The van der Waals surface area contributed by atoms with E-state index in [0.717, 1.165) is 16.3 Å². The lowest BCUT2D eigenvalue weighted by Gasteiger charge is -2.12. The summed E-state index contributed by atoms with van der Waals surface area (Å²) in [4.78, 5) is 0. The number of rotatable bonds is 1. The zero-order valence-electron chi connectivity index (χ0n) is 6.68. The molecule has 0 aliphatic rings. The zero-order chi connectivity index (χ0) is 10.2. The molecule has 72 valence electrons. The molecule has 1 aromatic rings. The summed E-state index contributed by atoms with van der Waals surface area (Å²) in [5.74, 6) is 0.262. The van der Waals surface area contributed by atoms with Gasteiger partial charge in [-0.05, 0) is 80.8 Å². The molecule has 2 N–H and O–H groups in total. The van der Waals surface area contributed by atoms with E-state index < -0.39 is 6.10 Å². The number of aliphatic hydroxyl groups is 1. The molecule has 0 amide bonds. The summed E-state index contributed by atoms with van der Waals surface area (Å²) in [6.45, 7) is 1.70.